The molecule has 0 spiro atoms. The van der Waals surface area contributed by atoms with Gasteiger partial charge in [0, 0.05) is 18.4 Å². The number of aliphatic hydroxyl groups is 1. The quantitative estimate of drug-likeness (QED) is 0.717. The molecule has 0 aliphatic carbocycles. The number of hydrogen-bond acceptors (Lipinski definition) is 4. The zero-order chi connectivity index (χ0) is 17.1. The van der Waals surface area contributed by atoms with Gasteiger partial charge in [-0.2, -0.15) is 0 Å². The molecule has 2 aromatic carbocycles. The molecule has 4 nitrogen and oxygen atoms in total. The lowest BCUT2D eigenvalue weighted by Gasteiger charge is -2.11. The predicted molar refractivity (Wildman–Crippen MR) is 88.5 cm³/mol. The Balaban J connectivity index is 1.76. The molecule has 0 saturated heterocycles. The molecule has 0 bridgehead atoms. The highest BCUT2D eigenvalue weighted by Gasteiger charge is 2.17. The first-order valence-electron chi connectivity index (χ1n) is 7.27. The molecule has 7 heteroatoms. The zero-order valence-electron chi connectivity index (χ0n) is 12.9. The van der Waals surface area contributed by atoms with Crippen molar-refractivity contribution in [2.24, 2.45) is 7.05 Å². The Hall–Kier alpha value is -2.25. The van der Waals surface area contributed by atoms with E-state index in [1.54, 1.807) is 48.0 Å². The van der Waals surface area contributed by atoms with E-state index in [0.29, 0.717) is 16.5 Å². The summed E-state index contributed by atoms with van der Waals surface area (Å²) in [5.41, 5.74) is 0.593. The van der Waals surface area contributed by atoms with E-state index in [1.165, 1.54) is 23.9 Å². The number of rotatable bonds is 5. The van der Waals surface area contributed by atoms with Gasteiger partial charge in [0.2, 0.25) is 0 Å². The summed E-state index contributed by atoms with van der Waals surface area (Å²) in [5.74, 6) is -0.216. The number of aliphatic hydroxyl groups excluding tert-OH is 1. The van der Waals surface area contributed by atoms with Gasteiger partial charge in [-0.1, -0.05) is 42.1 Å². The van der Waals surface area contributed by atoms with E-state index in [-0.39, 0.29) is 17.1 Å². The first-order valence-corrected chi connectivity index (χ1v) is 8.26. The second-order valence-corrected chi connectivity index (χ2v) is 6.18. The van der Waals surface area contributed by atoms with Crippen LogP contribution < -0.4 is 0 Å². The molecule has 24 heavy (non-hydrogen) atoms. The van der Waals surface area contributed by atoms with Crippen molar-refractivity contribution >= 4 is 11.8 Å². The average Bonchev–Trinajstić information content (AvgIpc) is 2.94. The molecule has 1 aromatic heterocycles. The Morgan fingerprint density at radius 1 is 1.04 bits per heavy atom. The minimum absolute atomic E-state index is 0.212. The molecule has 1 atom stereocenters. The third-order valence-electron chi connectivity index (χ3n) is 3.58. The van der Waals surface area contributed by atoms with Gasteiger partial charge in [0.1, 0.15) is 11.6 Å². The van der Waals surface area contributed by atoms with Crippen LogP contribution in [-0.2, 0) is 7.05 Å². The molecular weight excluding hydrogens is 332 g/mol. The summed E-state index contributed by atoms with van der Waals surface area (Å²) in [4.78, 5) is 0. The van der Waals surface area contributed by atoms with Crippen molar-refractivity contribution in [1.29, 1.82) is 0 Å². The fourth-order valence-corrected chi connectivity index (χ4v) is 3.17. The lowest BCUT2D eigenvalue weighted by atomic mass is 10.1. The van der Waals surface area contributed by atoms with Crippen LogP contribution in [0.5, 0.6) is 0 Å². The first kappa shape index (κ1) is 16.6. The van der Waals surface area contributed by atoms with Crippen molar-refractivity contribution in [1.82, 2.24) is 14.8 Å². The molecule has 0 aliphatic heterocycles. The van der Waals surface area contributed by atoms with Gasteiger partial charge in [0.15, 0.2) is 11.0 Å². The summed E-state index contributed by atoms with van der Waals surface area (Å²) in [7, 11) is 1.72. The highest BCUT2D eigenvalue weighted by Crippen LogP contribution is 2.28. The molecule has 124 valence electrons. The SMILES string of the molecule is Cn1c(SCC(O)c2ccccc2F)nnc1-c1ccccc1F. The lowest BCUT2D eigenvalue weighted by Crippen LogP contribution is -2.04. The molecule has 1 heterocycles. The number of thioether (sulfide) groups is 1. The average molecular weight is 347 g/mol. The van der Waals surface area contributed by atoms with E-state index in [2.05, 4.69) is 10.2 Å². The summed E-state index contributed by atoms with van der Waals surface area (Å²) in [6, 6.07) is 12.4. The monoisotopic (exact) mass is 347 g/mol. The van der Waals surface area contributed by atoms with Crippen molar-refractivity contribution in [2.75, 3.05) is 5.75 Å². The topological polar surface area (TPSA) is 50.9 Å². The van der Waals surface area contributed by atoms with Gasteiger partial charge in [-0.25, -0.2) is 8.78 Å². The van der Waals surface area contributed by atoms with E-state index in [0.717, 1.165) is 0 Å². The van der Waals surface area contributed by atoms with Crippen molar-refractivity contribution in [2.45, 2.75) is 11.3 Å². The van der Waals surface area contributed by atoms with Crippen molar-refractivity contribution in [3.8, 4) is 11.4 Å². The van der Waals surface area contributed by atoms with Crippen LogP contribution in [0.1, 0.15) is 11.7 Å². The summed E-state index contributed by atoms with van der Waals surface area (Å²) in [6.45, 7) is 0. The maximum Gasteiger partial charge on any atom is 0.191 e. The zero-order valence-corrected chi connectivity index (χ0v) is 13.7. The maximum absolute atomic E-state index is 13.9. The molecule has 0 amide bonds. The van der Waals surface area contributed by atoms with Crippen LogP contribution in [0.15, 0.2) is 53.7 Å². The summed E-state index contributed by atoms with van der Waals surface area (Å²) < 4.78 is 29.2. The highest BCUT2D eigenvalue weighted by atomic mass is 32.2. The van der Waals surface area contributed by atoms with E-state index in [4.69, 9.17) is 0 Å². The van der Waals surface area contributed by atoms with E-state index in [9.17, 15) is 13.9 Å². The van der Waals surface area contributed by atoms with Crippen LogP contribution in [0.3, 0.4) is 0 Å². The van der Waals surface area contributed by atoms with Crippen molar-refractivity contribution in [3.63, 3.8) is 0 Å². The third kappa shape index (κ3) is 3.32. The van der Waals surface area contributed by atoms with Gasteiger partial charge < -0.3 is 9.67 Å². The van der Waals surface area contributed by atoms with Gasteiger partial charge >= 0.3 is 0 Å². The number of benzene rings is 2. The van der Waals surface area contributed by atoms with Gasteiger partial charge in [-0.3, -0.25) is 0 Å². The fourth-order valence-electron chi connectivity index (χ4n) is 2.31. The Morgan fingerprint density at radius 3 is 2.42 bits per heavy atom. The third-order valence-corrected chi connectivity index (χ3v) is 4.68. The standard InChI is InChI=1S/C17H15F2N3OS/c1-22-16(12-7-3-5-9-14(12)19)20-21-17(22)24-10-15(23)11-6-2-4-8-13(11)18/h2-9,15,23H,10H2,1H3. The fraction of sp³-hybridized carbons (Fsp3) is 0.176. The minimum atomic E-state index is -0.968. The molecule has 3 rings (SSSR count). The van der Waals surface area contributed by atoms with Gasteiger partial charge in [0.05, 0.1) is 11.7 Å². The minimum Gasteiger partial charge on any atom is -0.387 e. The van der Waals surface area contributed by atoms with E-state index < -0.39 is 11.9 Å². The van der Waals surface area contributed by atoms with Crippen LogP contribution in [0.2, 0.25) is 0 Å². The molecule has 0 radical (unpaired) electrons. The Labute approximate surface area is 142 Å². The first-order chi connectivity index (χ1) is 11.6. The summed E-state index contributed by atoms with van der Waals surface area (Å²) in [6.07, 6.45) is -0.968. The normalized spacial score (nSPS) is 12.3. The van der Waals surface area contributed by atoms with Crippen LogP contribution in [-0.4, -0.2) is 25.6 Å². The van der Waals surface area contributed by atoms with Crippen LogP contribution >= 0.6 is 11.8 Å². The van der Waals surface area contributed by atoms with Crippen LogP contribution in [0.4, 0.5) is 8.78 Å². The van der Waals surface area contributed by atoms with Crippen molar-refractivity contribution in [3.05, 3.63) is 65.7 Å². The molecule has 0 saturated carbocycles. The second kappa shape index (κ2) is 7.11. The molecule has 1 N–H and O–H groups in total. The Bertz CT molecular complexity index is 853. The number of nitrogens with zero attached hydrogens (tertiary/aromatic N) is 3. The Kier molecular flexibility index (Phi) is 4.92. The smallest absolute Gasteiger partial charge is 0.191 e. The number of hydrogen-bond donors (Lipinski definition) is 1. The highest BCUT2D eigenvalue weighted by molar-refractivity contribution is 7.99. The lowest BCUT2D eigenvalue weighted by molar-refractivity contribution is 0.199. The predicted octanol–water partition coefficient (Wildman–Crippen LogP) is 3.59. The van der Waals surface area contributed by atoms with Gasteiger partial charge in [0.25, 0.3) is 0 Å². The molecule has 0 fully saturated rings. The Morgan fingerprint density at radius 2 is 1.71 bits per heavy atom. The second-order valence-electron chi connectivity index (χ2n) is 5.19. The summed E-state index contributed by atoms with van der Waals surface area (Å²) >= 11 is 1.23. The van der Waals surface area contributed by atoms with E-state index >= 15 is 0 Å². The van der Waals surface area contributed by atoms with Gasteiger partial charge in [-0.05, 0) is 18.2 Å². The number of halogens is 2. The molecule has 1 unspecified atom stereocenters. The van der Waals surface area contributed by atoms with Crippen molar-refractivity contribution < 1.29 is 13.9 Å². The van der Waals surface area contributed by atoms with Crippen LogP contribution in [0.25, 0.3) is 11.4 Å². The summed E-state index contributed by atoms with van der Waals surface area (Å²) in [5, 5.41) is 18.7. The molecular formula is C17H15F2N3OS. The maximum atomic E-state index is 13.9. The van der Waals surface area contributed by atoms with Gasteiger partial charge in [-0.15, -0.1) is 10.2 Å². The molecule has 0 aliphatic rings. The molecule has 3 aromatic rings. The largest absolute Gasteiger partial charge is 0.387 e. The van der Waals surface area contributed by atoms with E-state index in [1.807, 2.05) is 0 Å². The van der Waals surface area contributed by atoms with Crippen LogP contribution in [0, 0.1) is 11.6 Å². The number of aromatic nitrogens is 3.